The van der Waals surface area contributed by atoms with Gasteiger partial charge in [0.2, 0.25) is 0 Å². The number of carbonyl (C=O) groups is 1. The van der Waals surface area contributed by atoms with Crippen LogP contribution < -0.4 is 5.32 Å². The summed E-state index contributed by atoms with van der Waals surface area (Å²) in [7, 11) is 1.39. The van der Waals surface area contributed by atoms with E-state index in [-0.39, 0.29) is 11.9 Å². The number of ether oxygens (including phenoxy) is 1. The molecule has 1 aromatic carbocycles. The Hall–Kier alpha value is -1.62. The molecule has 2 aromatic rings. The van der Waals surface area contributed by atoms with Crippen molar-refractivity contribution in [3.63, 3.8) is 0 Å². The normalized spacial score (nSPS) is 12.4. The lowest BCUT2D eigenvalue weighted by atomic mass is 10.0. The number of esters is 1. The van der Waals surface area contributed by atoms with Crippen LogP contribution in [-0.2, 0) is 9.53 Å². The monoisotopic (exact) mass is 336 g/mol. The molecule has 0 bridgehead atoms. The zero-order valence-electron chi connectivity index (χ0n) is 11.7. The molecule has 2 rings (SSSR count). The standard InChI is InChI=1S/C15H17BrN2O2/c1-9(2)14(15(19)20-3)18-13-7-11-6-12(16)5-4-10(11)8-17-13/h4-9,14H,1-3H3,(H,17,18). The van der Waals surface area contributed by atoms with Gasteiger partial charge in [-0.2, -0.15) is 0 Å². The number of nitrogens with zero attached hydrogens (tertiary/aromatic N) is 1. The smallest absolute Gasteiger partial charge is 0.328 e. The van der Waals surface area contributed by atoms with Crippen molar-refractivity contribution in [2.45, 2.75) is 19.9 Å². The average molecular weight is 337 g/mol. The molecule has 4 nitrogen and oxygen atoms in total. The van der Waals surface area contributed by atoms with Gasteiger partial charge in [0.25, 0.3) is 0 Å². The Labute approximate surface area is 126 Å². The molecular formula is C15H17BrN2O2. The maximum Gasteiger partial charge on any atom is 0.328 e. The second kappa shape index (κ2) is 6.22. The number of benzene rings is 1. The van der Waals surface area contributed by atoms with Crippen molar-refractivity contribution in [1.82, 2.24) is 4.98 Å². The Kier molecular flexibility index (Phi) is 4.60. The summed E-state index contributed by atoms with van der Waals surface area (Å²) in [6.45, 7) is 3.93. The maximum absolute atomic E-state index is 11.8. The van der Waals surface area contributed by atoms with E-state index in [0.29, 0.717) is 5.82 Å². The number of hydrogen-bond donors (Lipinski definition) is 1. The SMILES string of the molecule is COC(=O)C(Nc1cc2cc(Br)ccc2cn1)C(C)C. The lowest BCUT2D eigenvalue weighted by Gasteiger charge is -2.20. The van der Waals surface area contributed by atoms with Crippen molar-refractivity contribution in [3.8, 4) is 0 Å². The second-order valence-electron chi connectivity index (χ2n) is 4.95. The van der Waals surface area contributed by atoms with E-state index in [1.807, 2.05) is 38.1 Å². The first-order valence-corrected chi connectivity index (χ1v) is 7.20. The Morgan fingerprint density at radius 2 is 2.05 bits per heavy atom. The van der Waals surface area contributed by atoms with Crippen LogP contribution in [-0.4, -0.2) is 24.1 Å². The van der Waals surface area contributed by atoms with Crippen molar-refractivity contribution in [3.05, 3.63) is 34.9 Å². The van der Waals surface area contributed by atoms with Crippen LogP contribution in [0.5, 0.6) is 0 Å². The zero-order valence-corrected chi connectivity index (χ0v) is 13.3. The first-order valence-electron chi connectivity index (χ1n) is 6.41. The summed E-state index contributed by atoms with van der Waals surface area (Å²) >= 11 is 3.45. The summed E-state index contributed by atoms with van der Waals surface area (Å²) in [5, 5.41) is 5.25. The molecule has 1 aromatic heterocycles. The third-order valence-corrected chi connectivity index (χ3v) is 3.60. The number of pyridine rings is 1. The Bertz CT molecular complexity index is 628. The van der Waals surface area contributed by atoms with Crippen molar-refractivity contribution >= 4 is 38.5 Å². The Morgan fingerprint density at radius 1 is 1.30 bits per heavy atom. The number of halogens is 1. The van der Waals surface area contributed by atoms with Gasteiger partial charge in [-0.25, -0.2) is 9.78 Å². The van der Waals surface area contributed by atoms with E-state index in [4.69, 9.17) is 4.74 Å². The molecule has 0 fully saturated rings. The molecule has 1 heterocycles. The minimum Gasteiger partial charge on any atom is -0.467 e. The number of methoxy groups -OCH3 is 1. The molecule has 1 unspecified atom stereocenters. The summed E-state index contributed by atoms with van der Waals surface area (Å²) in [6, 6.07) is 7.51. The minimum absolute atomic E-state index is 0.113. The molecule has 0 aliphatic heterocycles. The average Bonchev–Trinajstić information content (AvgIpc) is 2.43. The summed E-state index contributed by atoms with van der Waals surface area (Å²) in [6.07, 6.45) is 1.79. The van der Waals surface area contributed by atoms with Crippen LogP contribution in [0, 0.1) is 5.92 Å². The van der Waals surface area contributed by atoms with E-state index in [2.05, 4.69) is 26.2 Å². The number of anilines is 1. The highest BCUT2D eigenvalue weighted by molar-refractivity contribution is 9.10. The molecule has 1 N–H and O–H groups in total. The molecule has 0 saturated carbocycles. The fourth-order valence-corrected chi connectivity index (χ4v) is 2.35. The predicted octanol–water partition coefficient (Wildman–Crippen LogP) is 3.61. The highest BCUT2D eigenvalue weighted by Crippen LogP contribution is 2.22. The van der Waals surface area contributed by atoms with Gasteiger partial charge in [-0.1, -0.05) is 35.8 Å². The summed E-state index contributed by atoms with van der Waals surface area (Å²) in [5.74, 6) is 0.498. The van der Waals surface area contributed by atoms with Crippen molar-refractivity contribution in [1.29, 1.82) is 0 Å². The highest BCUT2D eigenvalue weighted by atomic mass is 79.9. The van der Waals surface area contributed by atoms with Gasteiger partial charge in [0, 0.05) is 16.1 Å². The molecular weight excluding hydrogens is 320 g/mol. The lowest BCUT2D eigenvalue weighted by Crippen LogP contribution is -2.35. The van der Waals surface area contributed by atoms with E-state index in [1.165, 1.54) is 7.11 Å². The van der Waals surface area contributed by atoms with E-state index in [1.54, 1.807) is 6.20 Å². The molecule has 0 amide bonds. The van der Waals surface area contributed by atoms with Gasteiger partial charge >= 0.3 is 5.97 Å². The van der Waals surface area contributed by atoms with Crippen molar-refractivity contribution in [2.75, 3.05) is 12.4 Å². The first kappa shape index (κ1) is 14.8. The Morgan fingerprint density at radius 3 is 2.70 bits per heavy atom. The largest absolute Gasteiger partial charge is 0.467 e. The topological polar surface area (TPSA) is 51.2 Å². The minimum atomic E-state index is -0.405. The molecule has 20 heavy (non-hydrogen) atoms. The summed E-state index contributed by atoms with van der Waals surface area (Å²) in [5.41, 5.74) is 0. The fraction of sp³-hybridized carbons (Fsp3) is 0.333. The number of rotatable bonds is 4. The first-order chi connectivity index (χ1) is 9.51. The third kappa shape index (κ3) is 3.28. The van der Waals surface area contributed by atoms with Gasteiger partial charge in [0.05, 0.1) is 7.11 Å². The van der Waals surface area contributed by atoms with Crippen LogP contribution in [0.3, 0.4) is 0 Å². The molecule has 0 radical (unpaired) electrons. The van der Waals surface area contributed by atoms with Crippen molar-refractivity contribution < 1.29 is 9.53 Å². The van der Waals surface area contributed by atoms with E-state index >= 15 is 0 Å². The van der Waals surface area contributed by atoms with Crippen LogP contribution >= 0.6 is 15.9 Å². The van der Waals surface area contributed by atoms with Gasteiger partial charge in [0.1, 0.15) is 11.9 Å². The molecule has 1 atom stereocenters. The quantitative estimate of drug-likeness (QED) is 0.866. The van der Waals surface area contributed by atoms with Crippen molar-refractivity contribution in [2.24, 2.45) is 5.92 Å². The number of nitrogens with one attached hydrogen (secondary N) is 1. The van der Waals surface area contributed by atoms with Crippen LogP contribution in [0.1, 0.15) is 13.8 Å². The third-order valence-electron chi connectivity index (χ3n) is 3.11. The number of hydrogen-bond acceptors (Lipinski definition) is 4. The number of fused-ring (bicyclic) bond motifs is 1. The van der Waals surface area contributed by atoms with Gasteiger partial charge in [-0.3, -0.25) is 0 Å². The second-order valence-corrected chi connectivity index (χ2v) is 5.87. The van der Waals surface area contributed by atoms with E-state index < -0.39 is 6.04 Å². The fourth-order valence-electron chi connectivity index (χ4n) is 1.97. The van der Waals surface area contributed by atoms with E-state index in [9.17, 15) is 4.79 Å². The highest BCUT2D eigenvalue weighted by Gasteiger charge is 2.23. The summed E-state index contributed by atoms with van der Waals surface area (Å²) < 4.78 is 5.83. The lowest BCUT2D eigenvalue weighted by molar-refractivity contribution is -0.142. The van der Waals surface area contributed by atoms with E-state index in [0.717, 1.165) is 15.2 Å². The summed E-state index contributed by atoms with van der Waals surface area (Å²) in [4.78, 5) is 16.1. The van der Waals surface area contributed by atoms with Crippen LogP contribution in [0.25, 0.3) is 10.8 Å². The van der Waals surface area contributed by atoms with Crippen LogP contribution in [0.15, 0.2) is 34.9 Å². The molecule has 0 aliphatic carbocycles. The molecule has 0 saturated heterocycles. The van der Waals surface area contributed by atoms with Gasteiger partial charge in [-0.15, -0.1) is 0 Å². The molecule has 0 spiro atoms. The van der Waals surface area contributed by atoms with Gasteiger partial charge in [-0.05, 0) is 29.5 Å². The number of aromatic nitrogens is 1. The molecule has 106 valence electrons. The van der Waals surface area contributed by atoms with Crippen LogP contribution in [0.2, 0.25) is 0 Å². The van der Waals surface area contributed by atoms with Gasteiger partial charge < -0.3 is 10.1 Å². The zero-order chi connectivity index (χ0) is 14.7. The Balaban J connectivity index is 2.30. The maximum atomic E-state index is 11.8. The number of carbonyl (C=O) groups excluding carboxylic acids is 1. The molecule has 5 heteroatoms. The van der Waals surface area contributed by atoms with Gasteiger partial charge in [0.15, 0.2) is 0 Å². The van der Waals surface area contributed by atoms with Crippen LogP contribution in [0.4, 0.5) is 5.82 Å². The predicted molar refractivity (Wildman–Crippen MR) is 83.7 cm³/mol. The molecule has 0 aliphatic rings.